The van der Waals surface area contributed by atoms with Gasteiger partial charge >= 0.3 is 0 Å². The van der Waals surface area contributed by atoms with Crippen molar-refractivity contribution in [2.45, 2.75) is 19.6 Å². The number of piperazine rings is 1. The molecule has 1 aliphatic rings. The summed E-state index contributed by atoms with van der Waals surface area (Å²) in [5.74, 6) is 0.827. The van der Waals surface area contributed by atoms with Crippen molar-refractivity contribution in [2.24, 2.45) is 0 Å². The number of aromatic nitrogens is 2. The molecule has 0 radical (unpaired) electrons. The Hall–Kier alpha value is -2.18. The van der Waals surface area contributed by atoms with Crippen LogP contribution < -0.4 is 10.2 Å². The SMILES string of the molecule is CO[C@H](C)c1cccc(NCc2cnc(N3CCN(C)CC3)nc2)c1. The van der Waals surface area contributed by atoms with E-state index in [1.165, 1.54) is 0 Å². The third kappa shape index (κ3) is 4.67. The Labute approximate surface area is 149 Å². The Bertz CT molecular complexity index is 668. The first-order valence-corrected chi connectivity index (χ1v) is 8.77. The van der Waals surface area contributed by atoms with Gasteiger partial charge in [-0.2, -0.15) is 0 Å². The van der Waals surface area contributed by atoms with Crippen LogP contribution >= 0.6 is 0 Å². The van der Waals surface area contributed by atoms with Gasteiger partial charge in [0.1, 0.15) is 0 Å². The minimum atomic E-state index is 0.0907. The van der Waals surface area contributed by atoms with E-state index in [9.17, 15) is 0 Å². The zero-order valence-corrected chi connectivity index (χ0v) is 15.3. The van der Waals surface area contributed by atoms with Crippen LogP contribution in [0.15, 0.2) is 36.7 Å². The van der Waals surface area contributed by atoms with Crippen molar-refractivity contribution in [3.63, 3.8) is 0 Å². The van der Waals surface area contributed by atoms with Crippen molar-refractivity contribution in [1.29, 1.82) is 0 Å². The van der Waals surface area contributed by atoms with E-state index in [4.69, 9.17) is 4.74 Å². The molecule has 1 aliphatic heterocycles. The number of benzene rings is 1. The van der Waals surface area contributed by atoms with Crippen molar-refractivity contribution < 1.29 is 4.74 Å². The Morgan fingerprint density at radius 2 is 1.88 bits per heavy atom. The van der Waals surface area contributed by atoms with Crippen LogP contribution in [-0.4, -0.2) is 55.2 Å². The fourth-order valence-electron chi connectivity index (χ4n) is 2.85. The molecular weight excluding hydrogens is 314 g/mol. The molecule has 1 atom stereocenters. The summed E-state index contributed by atoms with van der Waals surface area (Å²) < 4.78 is 5.38. The lowest BCUT2D eigenvalue weighted by molar-refractivity contribution is 0.119. The summed E-state index contributed by atoms with van der Waals surface area (Å²) >= 11 is 0. The number of hydrogen-bond acceptors (Lipinski definition) is 6. The topological polar surface area (TPSA) is 53.5 Å². The van der Waals surface area contributed by atoms with Crippen LogP contribution in [0.1, 0.15) is 24.2 Å². The summed E-state index contributed by atoms with van der Waals surface area (Å²) in [7, 11) is 3.87. The van der Waals surface area contributed by atoms with E-state index in [2.05, 4.69) is 50.3 Å². The Morgan fingerprint density at radius 1 is 1.16 bits per heavy atom. The van der Waals surface area contributed by atoms with Gasteiger partial charge in [-0.1, -0.05) is 12.1 Å². The van der Waals surface area contributed by atoms with Gasteiger partial charge in [0.2, 0.25) is 5.95 Å². The van der Waals surface area contributed by atoms with Gasteiger partial charge in [0.15, 0.2) is 0 Å². The lowest BCUT2D eigenvalue weighted by Crippen LogP contribution is -2.45. The number of nitrogens with zero attached hydrogens (tertiary/aromatic N) is 4. The van der Waals surface area contributed by atoms with Crippen LogP contribution in [-0.2, 0) is 11.3 Å². The first-order chi connectivity index (χ1) is 12.2. The normalized spacial score (nSPS) is 16.7. The molecule has 0 spiro atoms. The lowest BCUT2D eigenvalue weighted by Gasteiger charge is -2.32. The van der Waals surface area contributed by atoms with E-state index in [1.54, 1.807) is 7.11 Å². The number of methoxy groups -OCH3 is 1. The molecule has 1 aromatic carbocycles. The fraction of sp³-hybridized carbons (Fsp3) is 0.474. The molecule has 0 saturated carbocycles. The van der Waals surface area contributed by atoms with Crippen molar-refractivity contribution >= 4 is 11.6 Å². The molecule has 3 rings (SSSR count). The highest BCUT2D eigenvalue weighted by molar-refractivity contribution is 5.46. The van der Waals surface area contributed by atoms with Crippen LogP contribution in [0.3, 0.4) is 0 Å². The zero-order chi connectivity index (χ0) is 17.6. The molecule has 6 nitrogen and oxygen atoms in total. The van der Waals surface area contributed by atoms with Gasteiger partial charge in [-0.05, 0) is 31.7 Å². The minimum Gasteiger partial charge on any atom is -0.381 e. The first kappa shape index (κ1) is 17.6. The fourth-order valence-corrected chi connectivity index (χ4v) is 2.85. The van der Waals surface area contributed by atoms with Crippen LogP contribution in [0.2, 0.25) is 0 Å². The van der Waals surface area contributed by atoms with Crippen molar-refractivity contribution in [3.05, 3.63) is 47.8 Å². The van der Waals surface area contributed by atoms with Gasteiger partial charge in [-0.15, -0.1) is 0 Å². The number of rotatable bonds is 6. The minimum absolute atomic E-state index is 0.0907. The number of nitrogens with one attached hydrogen (secondary N) is 1. The summed E-state index contributed by atoms with van der Waals surface area (Å²) in [5, 5.41) is 3.43. The molecule has 6 heteroatoms. The molecule has 2 aromatic rings. The Morgan fingerprint density at radius 3 is 2.56 bits per heavy atom. The molecule has 2 heterocycles. The second-order valence-corrected chi connectivity index (χ2v) is 6.54. The number of likely N-dealkylation sites (N-methyl/N-ethyl adjacent to an activating group) is 1. The third-order valence-corrected chi connectivity index (χ3v) is 4.68. The second kappa shape index (κ2) is 8.27. The van der Waals surface area contributed by atoms with E-state index in [1.807, 2.05) is 25.4 Å². The molecule has 1 N–H and O–H groups in total. The average Bonchev–Trinajstić information content (AvgIpc) is 2.67. The maximum atomic E-state index is 5.38. The van der Waals surface area contributed by atoms with Gasteiger partial charge in [0.05, 0.1) is 6.10 Å². The van der Waals surface area contributed by atoms with Gasteiger partial charge in [-0.25, -0.2) is 9.97 Å². The maximum absolute atomic E-state index is 5.38. The van der Waals surface area contributed by atoms with E-state index in [0.29, 0.717) is 6.54 Å². The predicted octanol–water partition coefficient (Wildman–Crippen LogP) is 2.55. The average molecular weight is 341 g/mol. The van der Waals surface area contributed by atoms with Crippen molar-refractivity contribution in [1.82, 2.24) is 14.9 Å². The van der Waals surface area contributed by atoms with Gasteiger partial charge in [0, 0.05) is 63.5 Å². The number of anilines is 2. The summed E-state index contributed by atoms with van der Waals surface area (Å²) in [6, 6.07) is 8.30. The highest BCUT2D eigenvalue weighted by atomic mass is 16.5. The lowest BCUT2D eigenvalue weighted by atomic mass is 10.1. The smallest absolute Gasteiger partial charge is 0.225 e. The molecule has 1 saturated heterocycles. The molecule has 1 aromatic heterocycles. The molecule has 0 bridgehead atoms. The number of hydrogen-bond donors (Lipinski definition) is 1. The predicted molar refractivity (Wildman–Crippen MR) is 101 cm³/mol. The molecule has 0 unspecified atom stereocenters. The summed E-state index contributed by atoms with van der Waals surface area (Å²) in [6.07, 6.45) is 3.91. The van der Waals surface area contributed by atoms with Crippen LogP contribution in [0, 0.1) is 0 Å². The highest BCUT2D eigenvalue weighted by Gasteiger charge is 2.16. The van der Waals surface area contributed by atoms with E-state index in [-0.39, 0.29) is 6.10 Å². The van der Waals surface area contributed by atoms with Crippen LogP contribution in [0.4, 0.5) is 11.6 Å². The van der Waals surface area contributed by atoms with E-state index in [0.717, 1.165) is 48.9 Å². The van der Waals surface area contributed by atoms with Gasteiger partial charge in [-0.3, -0.25) is 0 Å². The Balaban J connectivity index is 1.57. The van der Waals surface area contributed by atoms with Crippen LogP contribution in [0.25, 0.3) is 0 Å². The molecule has 1 fully saturated rings. The molecule has 134 valence electrons. The zero-order valence-electron chi connectivity index (χ0n) is 15.3. The first-order valence-electron chi connectivity index (χ1n) is 8.77. The quantitative estimate of drug-likeness (QED) is 0.871. The van der Waals surface area contributed by atoms with Gasteiger partial charge in [0.25, 0.3) is 0 Å². The molecule has 0 amide bonds. The Kier molecular flexibility index (Phi) is 5.83. The van der Waals surface area contributed by atoms with E-state index >= 15 is 0 Å². The summed E-state index contributed by atoms with van der Waals surface area (Å²) in [6.45, 7) is 6.83. The molecule has 0 aliphatic carbocycles. The standard InChI is InChI=1S/C19H27N5O/c1-15(25-3)17-5-4-6-18(11-17)20-12-16-13-21-19(22-14-16)24-9-7-23(2)8-10-24/h4-6,11,13-15,20H,7-10,12H2,1-3H3/t15-/m1/s1. The van der Waals surface area contributed by atoms with Crippen molar-refractivity contribution in [2.75, 3.05) is 50.6 Å². The largest absolute Gasteiger partial charge is 0.381 e. The molecular formula is C19H27N5O. The summed E-state index contributed by atoms with van der Waals surface area (Å²) in [4.78, 5) is 13.6. The number of ether oxygens (including phenoxy) is 1. The third-order valence-electron chi connectivity index (χ3n) is 4.68. The van der Waals surface area contributed by atoms with E-state index < -0.39 is 0 Å². The second-order valence-electron chi connectivity index (χ2n) is 6.54. The summed E-state index contributed by atoms with van der Waals surface area (Å²) in [5.41, 5.74) is 3.31. The molecule has 25 heavy (non-hydrogen) atoms. The van der Waals surface area contributed by atoms with Gasteiger partial charge < -0.3 is 19.9 Å². The highest BCUT2D eigenvalue weighted by Crippen LogP contribution is 2.20. The maximum Gasteiger partial charge on any atom is 0.225 e. The van der Waals surface area contributed by atoms with Crippen molar-refractivity contribution in [3.8, 4) is 0 Å². The van der Waals surface area contributed by atoms with Crippen LogP contribution in [0.5, 0.6) is 0 Å². The monoisotopic (exact) mass is 341 g/mol.